The maximum Gasteiger partial charge on any atom is 0.229 e. The van der Waals surface area contributed by atoms with Crippen LogP contribution in [0.25, 0.3) is 0 Å². The summed E-state index contributed by atoms with van der Waals surface area (Å²) in [6.45, 7) is 10.2. The molecule has 1 amide bonds. The molecule has 0 radical (unpaired) electrons. The van der Waals surface area contributed by atoms with Crippen LogP contribution in [0.15, 0.2) is 16.4 Å². The summed E-state index contributed by atoms with van der Waals surface area (Å²) in [5.74, 6) is 0.295. The highest BCUT2D eigenvalue weighted by Crippen LogP contribution is 2.20. The topological polar surface area (TPSA) is 32.7 Å². The Morgan fingerprint density at radius 1 is 1.32 bits per heavy atom. The van der Waals surface area contributed by atoms with Crippen LogP contribution in [0.4, 0.5) is 0 Å². The highest BCUT2D eigenvalue weighted by molar-refractivity contribution is 5.80. The van der Waals surface area contributed by atoms with Crippen molar-refractivity contribution in [2.45, 2.75) is 66.7 Å². The standard InChI is InChI=1S/C16H30N2O/c1-7-10-12-15(14(5)17-9-3)18(6)16(19)13(4)11-8-2/h9,13H,7-8,10-12H2,1-6H3/b15-14+,17-9-. The molecule has 0 heterocycles. The van der Waals surface area contributed by atoms with Crippen LogP contribution in [-0.2, 0) is 4.79 Å². The van der Waals surface area contributed by atoms with E-state index in [1.165, 1.54) is 0 Å². The van der Waals surface area contributed by atoms with Gasteiger partial charge >= 0.3 is 0 Å². The summed E-state index contributed by atoms with van der Waals surface area (Å²) in [5.41, 5.74) is 2.02. The lowest BCUT2D eigenvalue weighted by Gasteiger charge is -2.25. The third-order valence-corrected chi connectivity index (χ3v) is 3.39. The number of rotatable bonds is 8. The smallest absolute Gasteiger partial charge is 0.229 e. The van der Waals surface area contributed by atoms with Gasteiger partial charge in [0.1, 0.15) is 0 Å². The summed E-state index contributed by atoms with van der Waals surface area (Å²) in [6.07, 6.45) is 6.90. The zero-order chi connectivity index (χ0) is 14.8. The fourth-order valence-corrected chi connectivity index (χ4v) is 2.22. The predicted octanol–water partition coefficient (Wildman–Crippen LogP) is 4.39. The van der Waals surface area contributed by atoms with Crippen molar-refractivity contribution in [3.63, 3.8) is 0 Å². The summed E-state index contributed by atoms with van der Waals surface area (Å²) in [4.78, 5) is 18.6. The van der Waals surface area contributed by atoms with Gasteiger partial charge in [-0.2, -0.15) is 0 Å². The number of hydrogen-bond donors (Lipinski definition) is 0. The molecule has 3 nitrogen and oxygen atoms in total. The second-order valence-corrected chi connectivity index (χ2v) is 5.11. The molecule has 0 aromatic heterocycles. The second kappa shape index (κ2) is 9.76. The summed E-state index contributed by atoms with van der Waals surface area (Å²) < 4.78 is 0. The first-order valence-corrected chi connectivity index (χ1v) is 7.45. The van der Waals surface area contributed by atoms with Crippen molar-refractivity contribution < 1.29 is 4.79 Å². The summed E-state index contributed by atoms with van der Waals surface area (Å²) in [5, 5.41) is 0. The van der Waals surface area contributed by atoms with Gasteiger partial charge in [0.2, 0.25) is 5.91 Å². The zero-order valence-corrected chi connectivity index (χ0v) is 13.5. The molecule has 0 saturated carbocycles. The van der Waals surface area contributed by atoms with Gasteiger partial charge in [0.05, 0.1) is 5.70 Å². The monoisotopic (exact) mass is 266 g/mol. The van der Waals surface area contributed by atoms with Crippen LogP contribution in [0.5, 0.6) is 0 Å². The van der Waals surface area contributed by atoms with Crippen molar-refractivity contribution in [1.29, 1.82) is 0 Å². The Balaban J connectivity index is 5.04. The minimum Gasteiger partial charge on any atom is -0.317 e. The van der Waals surface area contributed by atoms with E-state index in [0.717, 1.165) is 43.5 Å². The molecule has 0 aliphatic carbocycles. The number of unbranched alkanes of at least 4 members (excludes halogenated alkanes) is 1. The lowest BCUT2D eigenvalue weighted by Crippen LogP contribution is -2.31. The number of allylic oxidation sites excluding steroid dienone is 2. The predicted molar refractivity (Wildman–Crippen MR) is 83.2 cm³/mol. The van der Waals surface area contributed by atoms with Gasteiger partial charge in [-0.15, -0.1) is 0 Å². The maximum atomic E-state index is 12.4. The SMILES string of the molecule is C/C=N\C(C)=C(/CCCC)N(C)C(=O)C(C)CCC. The fourth-order valence-electron chi connectivity index (χ4n) is 2.22. The van der Waals surface area contributed by atoms with E-state index in [9.17, 15) is 4.79 Å². The molecule has 0 saturated heterocycles. The van der Waals surface area contributed by atoms with Crippen molar-refractivity contribution >= 4 is 12.1 Å². The van der Waals surface area contributed by atoms with E-state index >= 15 is 0 Å². The van der Waals surface area contributed by atoms with E-state index in [2.05, 4.69) is 18.8 Å². The number of carbonyl (C=O) groups excluding carboxylic acids is 1. The Morgan fingerprint density at radius 2 is 1.95 bits per heavy atom. The zero-order valence-electron chi connectivity index (χ0n) is 13.5. The number of carbonyl (C=O) groups is 1. The first-order valence-electron chi connectivity index (χ1n) is 7.45. The summed E-state index contributed by atoms with van der Waals surface area (Å²) in [7, 11) is 1.88. The highest BCUT2D eigenvalue weighted by Gasteiger charge is 2.20. The Bertz CT molecular complexity index is 332. The quantitative estimate of drug-likeness (QED) is 0.600. The number of hydrogen-bond acceptors (Lipinski definition) is 2. The highest BCUT2D eigenvalue weighted by atomic mass is 16.2. The third-order valence-electron chi connectivity index (χ3n) is 3.39. The molecule has 0 aromatic rings. The summed E-state index contributed by atoms with van der Waals surface area (Å²) >= 11 is 0. The third kappa shape index (κ3) is 6.04. The van der Waals surface area contributed by atoms with Gasteiger partial charge in [0, 0.05) is 24.9 Å². The largest absolute Gasteiger partial charge is 0.317 e. The molecule has 0 aromatic carbocycles. The lowest BCUT2D eigenvalue weighted by molar-refractivity contribution is -0.132. The Hall–Kier alpha value is -1.12. The van der Waals surface area contributed by atoms with Gasteiger partial charge < -0.3 is 4.90 Å². The molecule has 3 heteroatoms. The molecular weight excluding hydrogens is 236 g/mol. The van der Waals surface area contributed by atoms with Crippen molar-refractivity contribution in [2.24, 2.45) is 10.9 Å². The molecule has 19 heavy (non-hydrogen) atoms. The average molecular weight is 266 g/mol. The van der Waals surface area contributed by atoms with Gasteiger partial charge in [0.15, 0.2) is 0 Å². The van der Waals surface area contributed by atoms with Crippen molar-refractivity contribution in [2.75, 3.05) is 7.05 Å². The van der Waals surface area contributed by atoms with E-state index in [0.29, 0.717) is 0 Å². The van der Waals surface area contributed by atoms with E-state index in [1.807, 2.05) is 32.7 Å². The van der Waals surface area contributed by atoms with E-state index in [1.54, 1.807) is 6.21 Å². The minimum absolute atomic E-state index is 0.0880. The normalized spacial score (nSPS) is 14.4. The number of nitrogens with zero attached hydrogens (tertiary/aromatic N) is 2. The lowest BCUT2D eigenvalue weighted by atomic mass is 10.0. The van der Waals surface area contributed by atoms with Crippen molar-refractivity contribution in [3.8, 4) is 0 Å². The van der Waals surface area contributed by atoms with E-state index in [4.69, 9.17) is 0 Å². The van der Waals surface area contributed by atoms with Gasteiger partial charge in [-0.05, 0) is 33.1 Å². The van der Waals surface area contributed by atoms with Crippen LogP contribution in [0.3, 0.4) is 0 Å². The molecule has 0 rings (SSSR count). The molecule has 0 spiro atoms. The van der Waals surface area contributed by atoms with E-state index < -0.39 is 0 Å². The number of aliphatic imine (C=N–C) groups is 1. The van der Waals surface area contributed by atoms with E-state index in [-0.39, 0.29) is 11.8 Å². The number of amides is 1. The van der Waals surface area contributed by atoms with Crippen LogP contribution in [0.2, 0.25) is 0 Å². The molecule has 0 aliphatic heterocycles. The van der Waals surface area contributed by atoms with Crippen LogP contribution in [0, 0.1) is 5.92 Å². The van der Waals surface area contributed by atoms with Crippen molar-refractivity contribution in [1.82, 2.24) is 4.90 Å². The van der Waals surface area contributed by atoms with Crippen LogP contribution in [-0.4, -0.2) is 24.1 Å². The maximum absolute atomic E-state index is 12.4. The van der Waals surface area contributed by atoms with Gasteiger partial charge in [-0.25, -0.2) is 0 Å². The van der Waals surface area contributed by atoms with Gasteiger partial charge in [-0.3, -0.25) is 9.79 Å². The average Bonchev–Trinajstić information content (AvgIpc) is 2.38. The van der Waals surface area contributed by atoms with Crippen molar-refractivity contribution in [3.05, 3.63) is 11.4 Å². The second-order valence-electron chi connectivity index (χ2n) is 5.11. The first kappa shape index (κ1) is 17.9. The summed E-state index contributed by atoms with van der Waals surface area (Å²) in [6, 6.07) is 0. The molecule has 0 fully saturated rings. The molecule has 110 valence electrons. The Labute approximate surface area is 118 Å². The Kier molecular flexibility index (Phi) is 9.19. The molecular formula is C16H30N2O. The molecule has 1 unspecified atom stereocenters. The molecule has 0 bridgehead atoms. The molecule has 1 atom stereocenters. The van der Waals surface area contributed by atoms with Gasteiger partial charge in [-0.1, -0.05) is 33.6 Å². The molecule has 0 N–H and O–H groups in total. The first-order chi connectivity index (χ1) is 8.99. The van der Waals surface area contributed by atoms with Crippen LogP contribution in [0.1, 0.15) is 66.7 Å². The fraction of sp³-hybridized carbons (Fsp3) is 0.750. The Morgan fingerprint density at radius 3 is 2.42 bits per heavy atom. The van der Waals surface area contributed by atoms with Crippen LogP contribution < -0.4 is 0 Å². The van der Waals surface area contributed by atoms with Crippen LogP contribution >= 0.6 is 0 Å². The molecule has 0 aliphatic rings. The minimum atomic E-state index is 0.0880. The van der Waals surface area contributed by atoms with Gasteiger partial charge in [0.25, 0.3) is 0 Å².